The van der Waals surface area contributed by atoms with Gasteiger partial charge in [0.2, 0.25) is 5.88 Å². The molecule has 0 aliphatic carbocycles. The Kier molecular flexibility index (Phi) is 5.31. The number of esters is 1. The van der Waals surface area contributed by atoms with E-state index >= 15 is 0 Å². The maximum absolute atomic E-state index is 12.2. The van der Waals surface area contributed by atoms with E-state index in [0.717, 1.165) is 29.3 Å². The number of nitrogens with zero attached hydrogens (tertiary/aromatic N) is 2. The van der Waals surface area contributed by atoms with Crippen LogP contribution in [0.4, 0.5) is 5.13 Å². The number of thiazole rings is 1. The summed E-state index contributed by atoms with van der Waals surface area (Å²) < 4.78 is 10.3. The number of nitrogens with one attached hydrogen (secondary N) is 1. The summed E-state index contributed by atoms with van der Waals surface area (Å²) in [5, 5.41) is 2.95. The van der Waals surface area contributed by atoms with Crippen LogP contribution >= 0.6 is 23.1 Å². The summed E-state index contributed by atoms with van der Waals surface area (Å²) in [6.45, 7) is 0. The van der Waals surface area contributed by atoms with Crippen molar-refractivity contribution in [1.82, 2.24) is 9.97 Å². The lowest BCUT2D eigenvalue weighted by Crippen LogP contribution is -2.16. The summed E-state index contributed by atoms with van der Waals surface area (Å²) in [4.78, 5) is 32.0. The first-order valence-electron chi connectivity index (χ1n) is 7.21. The number of carbonyl (C=O) groups excluding carboxylic acids is 2. The fourth-order valence-corrected chi connectivity index (χ4v) is 3.88. The van der Waals surface area contributed by atoms with Crippen LogP contribution in [-0.2, 0) is 4.74 Å². The van der Waals surface area contributed by atoms with Crippen LogP contribution in [0.5, 0.6) is 5.88 Å². The molecule has 0 aromatic carbocycles. The van der Waals surface area contributed by atoms with Crippen LogP contribution in [0.15, 0.2) is 24.5 Å². The van der Waals surface area contributed by atoms with E-state index in [1.165, 1.54) is 19.5 Å². The third kappa shape index (κ3) is 4.04. The molecule has 0 radical (unpaired) electrons. The van der Waals surface area contributed by atoms with Crippen molar-refractivity contribution in [2.45, 2.75) is 12.5 Å². The van der Waals surface area contributed by atoms with E-state index in [2.05, 4.69) is 20.0 Å². The van der Waals surface area contributed by atoms with Crippen LogP contribution in [0.1, 0.15) is 26.5 Å². The Hall–Kier alpha value is -2.13. The summed E-state index contributed by atoms with van der Waals surface area (Å²) in [6, 6.07) is 3.33. The SMILES string of the molecule is COC(=O)c1cnc(NC(=O)c2ccc(O[C@H]3CCSC3)nc2)s1. The topological polar surface area (TPSA) is 90.4 Å². The number of hydrogen-bond acceptors (Lipinski definition) is 8. The van der Waals surface area contributed by atoms with Gasteiger partial charge in [0.05, 0.1) is 18.9 Å². The normalized spacial score (nSPS) is 16.6. The Morgan fingerprint density at radius 2 is 2.17 bits per heavy atom. The van der Waals surface area contributed by atoms with E-state index in [0.29, 0.717) is 21.5 Å². The average molecular weight is 365 g/mol. The molecular formula is C15H15N3O4S2. The molecule has 1 saturated heterocycles. The molecule has 3 rings (SSSR count). The van der Waals surface area contributed by atoms with E-state index in [-0.39, 0.29) is 12.0 Å². The highest BCUT2D eigenvalue weighted by molar-refractivity contribution is 7.99. The zero-order valence-electron chi connectivity index (χ0n) is 12.9. The number of hydrogen-bond donors (Lipinski definition) is 1. The smallest absolute Gasteiger partial charge is 0.349 e. The van der Waals surface area contributed by atoms with E-state index in [1.54, 1.807) is 12.1 Å². The lowest BCUT2D eigenvalue weighted by molar-refractivity contribution is 0.0606. The van der Waals surface area contributed by atoms with Crippen molar-refractivity contribution < 1.29 is 19.1 Å². The number of aromatic nitrogens is 2. The van der Waals surface area contributed by atoms with Gasteiger partial charge in [-0.05, 0) is 18.2 Å². The van der Waals surface area contributed by atoms with E-state index in [4.69, 9.17) is 4.74 Å². The third-order valence-corrected chi connectivity index (χ3v) is 5.31. The predicted molar refractivity (Wildman–Crippen MR) is 92.0 cm³/mol. The van der Waals surface area contributed by atoms with E-state index < -0.39 is 5.97 Å². The molecular weight excluding hydrogens is 350 g/mol. The maximum atomic E-state index is 12.2. The third-order valence-electron chi connectivity index (χ3n) is 3.29. The quantitative estimate of drug-likeness (QED) is 0.814. The Bertz CT molecular complexity index is 727. The Balaban J connectivity index is 1.60. The zero-order valence-corrected chi connectivity index (χ0v) is 14.5. The van der Waals surface area contributed by atoms with Crippen LogP contribution in [0.3, 0.4) is 0 Å². The molecule has 24 heavy (non-hydrogen) atoms. The van der Waals surface area contributed by atoms with Crippen molar-refractivity contribution in [3.63, 3.8) is 0 Å². The van der Waals surface area contributed by atoms with Gasteiger partial charge in [-0.15, -0.1) is 0 Å². The fourth-order valence-electron chi connectivity index (χ4n) is 2.06. The number of amides is 1. The van der Waals surface area contributed by atoms with Crippen molar-refractivity contribution >= 4 is 40.1 Å². The summed E-state index contributed by atoms with van der Waals surface area (Å²) >= 11 is 2.91. The monoisotopic (exact) mass is 365 g/mol. The number of carbonyl (C=O) groups is 2. The first kappa shape index (κ1) is 16.7. The van der Waals surface area contributed by atoms with Gasteiger partial charge in [-0.2, -0.15) is 11.8 Å². The lowest BCUT2D eigenvalue weighted by atomic mass is 10.2. The first-order chi connectivity index (χ1) is 11.7. The molecule has 0 bridgehead atoms. The van der Waals surface area contributed by atoms with Gasteiger partial charge in [0.15, 0.2) is 5.13 Å². The number of rotatable bonds is 5. The van der Waals surface area contributed by atoms with Gasteiger partial charge in [-0.25, -0.2) is 14.8 Å². The Labute approximate surface area is 146 Å². The van der Waals surface area contributed by atoms with Gasteiger partial charge in [-0.3, -0.25) is 10.1 Å². The molecule has 3 heterocycles. The minimum atomic E-state index is -0.485. The molecule has 7 nitrogen and oxygen atoms in total. The second-order valence-electron chi connectivity index (χ2n) is 4.96. The average Bonchev–Trinajstić information content (AvgIpc) is 3.27. The molecule has 0 spiro atoms. The molecule has 2 aromatic heterocycles. The molecule has 1 N–H and O–H groups in total. The number of thioether (sulfide) groups is 1. The van der Waals surface area contributed by atoms with E-state index in [1.807, 2.05) is 11.8 Å². The standard InChI is InChI=1S/C15H15N3O4S2/c1-21-14(20)11-7-17-15(24-11)18-13(19)9-2-3-12(16-6-9)22-10-4-5-23-8-10/h2-3,6-7,10H,4-5,8H2,1H3,(H,17,18,19)/t10-/m0/s1. The number of ether oxygens (including phenoxy) is 2. The molecule has 126 valence electrons. The van der Waals surface area contributed by atoms with Crippen molar-refractivity contribution in [3.8, 4) is 5.88 Å². The number of methoxy groups -OCH3 is 1. The Morgan fingerprint density at radius 1 is 1.29 bits per heavy atom. The molecule has 1 atom stereocenters. The molecule has 0 unspecified atom stereocenters. The highest BCUT2D eigenvalue weighted by atomic mass is 32.2. The maximum Gasteiger partial charge on any atom is 0.349 e. The molecule has 1 fully saturated rings. The minimum absolute atomic E-state index is 0.189. The number of pyridine rings is 1. The van der Waals surface area contributed by atoms with Gasteiger partial charge >= 0.3 is 5.97 Å². The highest BCUT2D eigenvalue weighted by Gasteiger charge is 2.18. The largest absolute Gasteiger partial charge is 0.473 e. The summed E-state index contributed by atoms with van der Waals surface area (Å²) in [5.41, 5.74) is 0.387. The van der Waals surface area contributed by atoms with Crippen LogP contribution in [0.25, 0.3) is 0 Å². The minimum Gasteiger partial charge on any atom is -0.473 e. The van der Waals surface area contributed by atoms with Crippen molar-refractivity contribution in [1.29, 1.82) is 0 Å². The molecule has 2 aromatic rings. The van der Waals surface area contributed by atoms with Crippen LogP contribution in [-0.4, -0.2) is 46.6 Å². The molecule has 9 heteroatoms. The molecule has 1 aliphatic rings. The van der Waals surface area contributed by atoms with Crippen LogP contribution in [0, 0.1) is 0 Å². The predicted octanol–water partition coefficient (Wildman–Crippen LogP) is 2.46. The zero-order chi connectivity index (χ0) is 16.9. The number of anilines is 1. The lowest BCUT2D eigenvalue weighted by Gasteiger charge is -2.11. The highest BCUT2D eigenvalue weighted by Crippen LogP contribution is 2.22. The van der Waals surface area contributed by atoms with Crippen molar-refractivity contribution in [3.05, 3.63) is 35.0 Å². The van der Waals surface area contributed by atoms with Crippen molar-refractivity contribution in [2.24, 2.45) is 0 Å². The van der Waals surface area contributed by atoms with E-state index in [9.17, 15) is 9.59 Å². The first-order valence-corrected chi connectivity index (χ1v) is 9.19. The second-order valence-corrected chi connectivity index (χ2v) is 7.14. The van der Waals surface area contributed by atoms with Crippen LogP contribution < -0.4 is 10.1 Å². The van der Waals surface area contributed by atoms with Gasteiger partial charge in [0.25, 0.3) is 5.91 Å². The van der Waals surface area contributed by atoms with Gasteiger partial charge in [0.1, 0.15) is 11.0 Å². The molecule has 1 amide bonds. The van der Waals surface area contributed by atoms with Crippen LogP contribution in [0.2, 0.25) is 0 Å². The van der Waals surface area contributed by atoms with Gasteiger partial charge < -0.3 is 9.47 Å². The van der Waals surface area contributed by atoms with Gasteiger partial charge in [-0.1, -0.05) is 11.3 Å². The van der Waals surface area contributed by atoms with Gasteiger partial charge in [0, 0.05) is 18.0 Å². The summed E-state index contributed by atoms with van der Waals surface area (Å²) in [7, 11) is 1.29. The summed E-state index contributed by atoms with van der Waals surface area (Å²) in [5.74, 6) is 1.75. The Morgan fingerprint density at radius 3 is 2.83 bits per heavy atom. The van der Waals surface area contributed by atoms with Crippen molar-refractivity contribution in [2.75, 3.05) is 23.9 Å². The molecule has 0 saturated carbocycles. The fraction of sp³-hybridized carbons (Fsp3) is 0.333. The molecule has 1 aliphatic heterocycles. The summed E-state index contributed by atoms with van der Waals surface area (Å²) in [6.07, 6.45) is 4.03. The second kappa shape index (κ2) is 7.63.